The standard InChI is InChI=1S/C14H21FN2O3S/c15-13-5-3-6-14(12(13)10-16)21(18,19)17-8-7-11-4-1-2-9-20-11/h3,5-6,11,17H,1-2,4,7-10,16H2. The largest absolute Gasteiger partial charge is 0.378 e. The van der Waals surface area contributed by atoms with Gasteiger partial charge in [0.1, 0.15) is 5.82 Å². The zero-order valence-electron chi connectivity index (χ0n) is 11.8. The number of nitrogens with one attached hydrogen (secondary N) is 1. The van der Waals surface area contributed by atoms with Crippen LogP contribution in [0.2, 0.25) is 0 Å². The molecule has 1 aromatic rings. The van der Waals surface area contributed by atoms with Crippen molar-refractivity contribution in [2.75, 3.05) is 13.2 Å². The molecule has 1 heterocycles. The van der Waals surface area contributed by atoms with Crippen LogP contribution in [0.4, 0.5) is 4.39 Å². The molecule has 1 fully saturated rings. The van der Waals surface area contributed by atoms with E-state index in [1.54, 1.807) is 0 Å². The molecule has 0 aliphatic carbocycles. The van der Waals surface area contributed by atoms with Crippen LogP contribution in [0.25, 0.3) is 0 Å². The van der Waals surface area contributed by atoms with E-state index in [-0.39, 0.29) is 29.7 Å². The highest BCUT2D eigenvalue weighted by Gasteiger charge is 2.21. The van der Waals surface area contributed by atoms with Crippen molar-refractivity contribution >= 4 is 10.0 Å². The van der Waals surface area contributed by atoms with Gasteiger partial charge in [-0.3, -0.25) is 0 Å². The quantitative estimate of drug-likeness (QED) is 0.834. The van der Waals surface area contributed by atoms with E-state index in [0.717, 1.165) is 25.9 Å². The number of rotatable bonds is 6. The summed E-state index contributed by atoms with van der Waals surface area (Å²) < 4.78 is 46.1. The molecule has 1 unspecified atom stereocenters. The van der Waals surface area contributed by atoms with Crippen LogP contribution < -0.4 is 10.5 Å². The maximum atomic E-state index is 13.6. The van der Waals surface area contributed by atoms with Crippen LogP contribution >= 0.6 is 0 Å². The molecule has 0 spiro atoms. The number of nitrogens with two attached hydrogens (primary N) is 1. The Bertz CT molecular complexity index is 572. The third-order valence-electron chi connectivity index (χ3n) is 3.60. The number of hydrogen-bond acceptors (Lipinski definition) is 4. The Kier molecular flexibility index (Phi) is 5.69. The van der Waals surface area contributed by atoms with Crippen LogP contribution in [0.1, 0.15) is 31.2 Å². The van der Waals surface area contributed by atoms with Gasteiger partial charge >= 0.3 is 0 Å². The van der Waals surface area contributed by atoms with Gasteiger partial charge in [0.25, 0.3) is 0 Å². The Morgan fingerprint density at radius 1 is 1.38 bits per heavy atom. The van der Waals surface area contributed by atoms with E-state index in [1.807, 2.05) is 0 Å². The number of ether oxygens (including phenoxy) is 1. The molecular formula is C14H21FN2O3S. The maximum Gasteiger partial charge on any atom is 0.240 e. The predicted molar refractivity (Wildman–Crippen MR) is 77.7 cm³/mol. The lowest BCUT2D eigenvalue weighted by molar-refractivity contribution is 0.0123. The van der Waals surface area contributed by atoms with Crippen molar-refractivity contribution in [3.05, 3.63) is 29.6 Å². The van der Waals surface area contributed by atoms with Crippen LogP contribution in [0.15, 0.2) is 23.1 Å². The van der Waals surface area contributed by atoms with E-state index in [1.165, 1.54) is 18.2 Å². The summed E-state index contributed by atoms with van der Waals surface area (Å²) in [4.78, 5) is -0.0884. The van der Waals surface area contributed by atoms with Crippen LogP contribution in [0.3, 0.4) is 0 Å². The Labute approximate surface area is 124 Å². The van der Waals surface area contributed by atoms with Gasteiger partial charge in [0, 0.05) is 25.3 Å². The summed E-state index contributed by atoms with van der Waals surface area (Å²) >= 11 is 0. The molecular weight excluding hydrogens is 295 g/mol. The van der Waals surface area contributed by atoms with Crippen molar-refractivity contribution in [2.24, 2.45) is 5.73 Å². The molecule has 21 heavy (non-hydrogen) atoms. The zero-order valence-corrected chi connectivity index (χ0v) is 12.7. The molecule has 0 bridgehead atoms. The van der Waals surface area contributed by atoms with Crippen molar-refractivity contribution in [1.29, 1.82) is 0 Å². The number of halogens is 1. The van der Waals surface area contributed by atoms with Gasteiger partial charge in [0.15, 0.2) is 0 Å². The lowest BCUT2D eigenvalue weighted by atomic mass is 10.1. The number of sulfonamides is 1. The smallest absolute Gasteiger partial charge is 0.240 e. The lowest BCUT2D eigenvalue weighted by Crippen LogP contribution is -2.30. The summed E-state index contributed by atoms with van der Waals surface area (Å²) in [6.07, 6.45) is 3.84. The summed E-state index contributed by atoms with van der Waals surface area (Å²) in [7, 11) is -3.75. The molecule has 1 aromatic carbocycles. The second kappa shape index (κ2) is 7.31. The summed E-state index contributed by atoms with van der Waals surface area (Å²) in [5, 5.41) is 0. The van der Waals surface area contributed by atoms with Gasteiger partial charge in [-0.15, -0.1) is 0 Å². The van der Waals surface area contributed by atoms with Crippen molar-refractivity contribution in [2.45, 2.75) is 43.2 Å². The highest BCUT2D eigenvalue weighted by molar-refractivity contribution is 7.89. The normalized spacial score (nSPS) is 19.6. The Balaban J connectivity index is 2.00. The van der Waals surface area contributed by atoms with Crippen molar-refractivity contribution in [1.82, 2.24) is 4.72 Å². The summed E-state index contributed by atoms with van der Waals surface area (Å²) in [5.41, 5.74) is 5.45. The van der Waals surface area contributed by atoms with Gasteiger partial charge in [-0.2, -0.15) is 0 Å². The molecule has 0 radical (unpaired) electrons. The van der Waals surface area contributed by atoms with Crippen LogP contribution in [0, 0.1) is 5.82 Å². The molecule has 1 saturated heterocycles. The van der Waals surface area contributed by atoms with Gasteiger partial charge in [-0.05, 0) is 37.8 Å². The molecule has 0 aromatic heterocycles. The molecule has 3 N–H and O–H groups in total. The summed E-state index contributed by atoms with van der Waals surface area (Å²) in [5.74, 6) is -0.601. The SMILES string of the molecule is NCc1c(F)cccc1S(=O)(=O)NCCC1CCCCO1. The fourth-order valence-electron chi connectivity index (χ4n) is 2.46. The van der Waals surface area contributed by atoms with E-state index < -0.39 is 15.8 Å². The Hall–Kier alpha value is -1.02. The molecule has 1 atom stereocenters. The third-order valence-corrected chi connectivity index (χ3v) is 5.15. The predicted octanol–water partition coefficient (Wildman–Crippen LogP) is 1.52. The van der Waals surface area contributed by atoms with E-state index in [4.69, 9.17) is 10.5 Å². The average molecular weight is 316 g/mol. The topological polar surface area (TPSA) is 81.4 Å². The summed E-state index contributed by atoms with van der Waals surface area (Å²) in [6, 6.07) is 3.94. The van der Waals surface area contributed by atoms with E-state index in [2.05, 4.69) is 4.72 Å². The Morgan fingerprint density at radius 2 is 2.19 bits per heavy atom. The van der Waals surface area contributed by atoms with Crippen LogP contribution in [-0.2, 0) is 21.3 Å². The Morgan fingerprint density at radius 3 is 2.86 bits per heavy atom. The van der Waals surface area contributed by atoms with Crippen molar-refractivity contribution in [3.8, 4) is 0 Å². The number of benzene rings is 1. The highest BCUT2D eigenvalue weighted by Crippen LogP contribution is 2.19. The molecule has 1 aliphatic heterocycles. The second-order valence-corrected chi connectivity index (χ2v) is 6.83. The second-order valence-electron chi connectivity index (χ2n) is 5.10. The minimum Gasteiger partial charge on any atom is -0.378 e. The van der Waals surface area contributed by atoms with Gasteiger partial charge in [-0.25, -0.2) is 17.5 Å². The van der Waals surface area contributed by atoms with Crippen LogP contribution in [0.5, 0.6) is 0 Å². The van der Waals surface area contributed by atoms with Crippen molar-refractivity contribution < 1.29 is 17.5 Å². The highest BCUT2D eigenvalue weighted by atomic mass is 32.2. The fourth-order valence-corrected chi connectivity index (χ4v) is 3.76. The summed E-state index contributed by atoms with van der Waals surface area (Å²) in [6.45, 7) is 0.848. The van der Waals surface area contributed by atoms with Crippen molar-refractivity contribution in [3.63, 3.8) is 0 Å². The lowest BCUT2D eigenvalue weighted by Gasteiger charge is -2.22. The fraction of sp³-hybridized carbons (Fsp3) is 0.571. The van der Waals surface area contributed by atoms with Gasteiger partial charge in [-0.1, -0.05) is 6.07 Å². The van der Waals surface area contributed by atoms with E-state index >= 15 is 0 Å². The molecule has 0 amide bonds. The van der Waals surface area contributed by atoms with E-state index in [0.29, 0.717) is 6.42 Å². The minimum absolute atomic E-state index is 0.0129. The molecule has 2 rings (SSSR count). The maximum absolute atomic E-state index is 13.6. The first-order valence-corrected chi connectivity index (χ1v) is 8.61. The van der Waals surface area contributed by atoms with Gasteiger partial charge in [0.2, 0.25) is 10.0 Å². The molecule has 1 aliphatic rings. The average Bonchev–Trinajstić information content (AvgIpc) is 2.48. The third kappa shape index (κ3) is 4.23. The first-order valence-electron chi connectivity index (χ1n) is 7.13. The number of hydrogen-bond donors (Lipinski definition) is 2. The first kappa shape index (κ1) is 16.4. The molecule has 0 saturated carbocycles. The minimum atomic E-state index is -3.75. The molecule has 118 valence electrons. The van der Waals surface area contributed by atoms with Gasteiger partial charge in [0.05, 0.1) is 11.0 Å². The zero-order chi connectivity index (χ0) is 15.3. The first-order chi connectivity index (χ1) is 10.0. The van der Waals surface area contributed by atoms with Crippen LogP contribution in [-0.4, -0.2) is 27.7 Å². The van der Waals surface area contributed by atoms with E-state index in [9.17, 15) is 12.8 Å². The monoisotopic (exact) mass is 316 g/mol. The molecule has 7 heteroatoms. The van der Waals surface area contributed by atoms with Gasteiger partial charge < -0.3 is 10.5 Å². The molecule has 5 nitrogen and oxygen atoms in total.